The summed E-state index contributed by atoms with van der Waals surface area (Å²) < 4.78 is 5.09. The minimum Gasteiger partial charge on any atom is -0.507 e. The number of nitrogens with two attached hydrogens (primary N) is 3. The summed E-state index contributed by atoms with van der Waals surface area (Å²) in [5, 5.41) is 9.59. The molecule has 2 rings (SSSR count). The number of carbonyl (C=O) groups is 1. The van der Waals surface area contributed by atoms with Crippen molar-refractivity contribution in [3.63, 3.8) is 0 Å². The molecule has 7 N–H and O–H groups in total. The molecule has 0 aliphatic heterocycles. The monoisotopic (exact) mass is 259 g/mol. The van der Waals surface area contributed by atoms with E-state index < -0.39 is 5.97 Å². The summed E-state index contributed by atoms with van der Waals surface area (Å²) in [4.78, 5) is 11.9. The highest BCUT2D eigenvalue weighted by Gasteiger charge is 2.15. The molecule has 0 aromatic heterocycles. The van der Waals surface area contributed by atoms with Gasteiger partial charge in [-0.25, -0.2) is 4.79 Å². The topological polar surface area (TPSA) is 125 Å². The van der Waals surface area contributed by atoms with Gasteiger partial charge >= 0.3 is 5.97 Å². The van der Waals surface area contributed by atoms with Crippen LogP contribution in [0, 0.1) is 0 Å². The molecule has 0 atom stereocenters. The Hall–Kier alpha value is -2.89. The van der Waals surface area contributed by atoms with Crippen LogP contribution in [0.25, 0.3) is 0 Å². The number of phenolic OH excluding ortho intramolecular Hbond substituents is 1. The van der Waals surface area contributed by atoms with E-state index in [1.54, 1.807) is 6.07 Å². The molecule has 0 bridgehead atoms. The number of hydrogen-bond donors (Lipinski definition) is 4. The maximum absolute atomic E-state index is 11.9. The molecule has 0 amide bonds. The molecule has 0 saturated heterocycles. The largest absolute Gasteiger partial charge is 0.507 e. The summed E-state index contributed by atoms with van der Waals surface area (Å²) >= 11 is 0. The van der Waals surface area contributed by atoms with Crippen molar-refractivity contribution in [2.75, 3.05) is 17.2 Å². The molecule has 98 valence electrons. The zero-order valence-electron chi connectivity index (χ0n) is 9.96. The summed E-state index contributed by atoms with van der Waals surface area (Å²) in [6, 6.07) is 8.62. The van der Waals surface area contributed by atoms with Gasteiger partial charge in [-0.05, 0) is 36.4 Å². The highest BCUT2D eigenvalue weighted by atomic mass is 16.5. The van der Waals surface area contributed by atoms with E-state index in [0.29, 0.717) is 11.4 Å². The van der Waals surface area contributed by atoms with Crippen molar-refractivity contribution in [3.8, 4) is 11.5 Å². The Labute approximate surface area is 109 Å². The van der Waals surface area contributed by atoms with Gasteiger partial charge in [-0.15, -0.1) is 0 Å². The van der Waals surface area contributed by atoms with Crippen molar-refractivity contribution in [2.45, 2.75) is 0 Å². The lowest BCUT2D eigenvalue weighted by Crippen LogP contribution is -2.10. The zero-order valence-corrected chi connectivity index (χ0v) is 9.96. The average molecular weight is 259 g/mol. The predicted octanol–water partition coefficient (Wildman–Crippen LogP) is 1.36. The van der Waals surface area contributed by atoms with Crippen LogP contribution in [0.4, 0.5) is 17.1 Å². The molecule has 0 heterocycles. The number of esters is 1. The molecular formula is C13H13N3O3. The number of phenols is 1. The zero-order chi connectivity index (χ0) is 14.0. The lowest BCUT2D eigenvalue weighted by molar-refractivity contribution is 0.0733. The van der Waals surface area contributed by atoms with Gasteiger partial charge in [0.2, 0.25) is 0 Å². The van der Waals surface area contributed by atoms with E-state index in [1.165, 1.54) is 30.3 Å². The van der Waals surface area contributed by atoms with Gasteiger partial charge in [0.1, 0.15) is 11.3 Å². The lowest BCUT2D eigenvalue weighted by atomic mass is 10.2. The summed E-state index contributed by atoms with van der Waals surface area (Å²) in [7, 11) is 0. The number of rotatable bonds is 2. The van der Waals surface area contributed by atoms with E-state index in [4.69, 9.17) is 21.9 Å². The first-order valence-electron chi connectivity index (χ1n) is 5.43. The van der Waals surface area contributed by atoms with Crippen molar-refractivity contribution in [1.29, 1.82) is 0 Å². The Balaban J connectivity index is 2.28. The van der Waals surface area contributed by atoms with Crippen molar-refractivity contribution in [3.05, 3.63) is 42.0 Å². The fourth-order valence-corrected chi connectivity index (χ4v) is 1.53. The SMILES string of the molecule is Nc1ccc(OC(=O)c2cc(N)ccc2O)c(N)c1. The Morgan fingerprint density at radius 1 is 1.00 bits per heavy atom. The molecule has 0 fully saturated rings. The summed E-state index contributed by atoms with van der Waals surface area (Å²) in [5.41, 5.74) is 17.8. The number of aromatic hydroxyl groups is 1. The summed E-state index contributed by atoms with van der Waals surface area (Å²) in [5.74, 6) is -0.796. The number of nitrogen functional groups attached to an aromatic ring is 3. The fraction of sp³-hybridized carbons (Fsp3) is 0. The van der Waals surface area contributed by atoms with Crippen LogP contribution in [0.5, 0.6) is 11.5 Å². The number of hydrogen-bond acceptors (Lipinski definition) is 6. The van der Waals surface area contributed by atoms with Crippen LogP contribution in [-0.4, -0.2) is 11.1 Å². The van der Waals surface area contributed by atoms with Crippen molar-refractivity contribution >= 4 is 23.0 Å². The molecule has 0 aliphatic carbocycles. The van der Waals surface area contributed by atoms with Gasteiger partial charge < -0.3 is 27.0 Å². The highest BCUT2D eigenvalue weighted by Crippen LogP contribution is 2.26. The van der Waals surface area contributed by atoms with Crippen molar-refractivity contribution in [1.82, 2.24) is 0 Å². The lowest BCUT2D eigenvalue weighted by Gasteiger charge is -2.09. The summed E-state index contributed by atoms with van der Waals surface area (Å²) in [6.45, 7) is 0. The third kappa shape index (κ3) is 2.68. The molecule has 6 heteroatoms. The molecule has 2 aromatic rings. The first-order valence-corrected chi connectivity index (χ1v) is 5.43. The number of ether oxygens (including phenoxy) is 1. The Morgan fingerprint density at radius 3 is 2.32 bits per heavy atom. The van der Waals surface area contributed by atoms with Gasteiger partial charge in [0.15, 0.2) is 5.75 Å². The number of carbonyl (C=O) groups excluding carboxylic acids is 1. The Kier molecular flexibility index (Phi) is 3.15. The van der Waals surface area contributed by atoms with Gasteiger partial charge in [0.25, 0.3) is 0 Å². The van der Waals surface area contributed by atoms with Crippen LogP contribution in [0.1, 0.15) is 10.4 Å². The van der Waals surface area contributed by atoms with Gasteiger partial charge in [0.05, 0.1) is 5.69 Å². The van der Waals surface area contributed by atoms with E-state index in [9.17, 15) is 9.90 Å². The van der Waals surface area contributed by atoms with Gasteiger partial charge in [-0.2, -0.15) is 0 Å². The van der Waals surface area contributed by atoms with Crippen molar-refractivity contribution in [2.24, 2.45) is 0 Å². The second-order valence-corrected chi connectivity index (χ2v) is 3.96. The Morgan fingerprint density at radius 2 is 1.63 bits per heavy atom. The van der Waals surface area contributed by atoms with Crippen LogP contribution < -0.4 is 21.9 Å². The molecule has 2 aromatic carbocycles. The fourth-order valence-electron chi connectivity index (χ4n) is 1.53. The van der Waals surface area contributed by atoms with E-state index in [-0.39, 0.29) is 22.7 Å². The molecule has 19 heavy (non-hydrogen) atoms. The number of benzene rings is 2. The van der Waals surface area contributed by atoms with Crippen LogP contribution >= 0.6 is 0 Å². The van der Waals surface area contributed by atoms with E-state index >= 15 is 0 Å². The van der Waals surface area contributed by atoms with Gasteiger partial charge in [-0.3, -0.25) is 0 Å². The molecule has 0 saturated carbocycles. The van der Waals surface area contributed by atoms with Gasteiger partial charge in [-0.1, -0.05) is 0 Å². The second-order valence-electron chi connectivity index (χ2n) is 3.96. The van der Waals surface area contributed by atoms with Crippen LogP contribution in [-0.2, 0) is 0 Å². The van der Waals surface area contributed by atoms with Crippen LogP contribution in [0.2, 0.25) is 0 Å². The smallest absolute Gasteiger partial charge is 0.347 e. The minimum absolute atomic E-state index is 0.0313. The quantitative estimate of drug-likeness (QED) is 0.279. The van der Waals surface area contributed by atoms with Gasteiger partial charge in [0, 0.05) is 11.4 Å². The molecule has 0 radical (unpaired) electrons. The Bertz CT molecular complexity index is 641. The molecule has 0 unspecified atom stereocenters. The normalized spacial score (nSPS) is 10.1. The van der Waals surface area contributed by atoms with E-state index in [2.05, 4.69) is 0 Å². The maximum Gasteiger partial charge on any atom is 0.347 e. The number of anilines is 3. The third-order valence-electron chi connectivity index (χ3n) is 2.48. The molecule has 0 aliphatic rings. The predicted molar refractivity (Wildman–Crippen MR) is 72.7 cm³/mol. The molecule has 6 nitrogen and oxygen atoms in total. The van der Waals surface area contributed by atoms with Crippen molar-refractivity contribution < 1.29 is 14.6 Å². The maximum atomic E-state index is 11.9. The third-order valence-corrected chi connectivity index (χ3v) is 2.48. The molecule has 0 spiro atoms. The van der Waals surface area contributed by atoms with E-state index in [0.717, 1.165) is 0 Å². The van der Waals surface area contributed by atoms with Crippen LogP contribution in [0.3, 0.4) is 0 Å². The molecular weight excluding hydrogens is 246 g/mol. The highest BCUT2D eigenvalue weighted by molar-refractivity contribution is 5.95. The minimum atomic E-state index is -0.749. The summed E-state index contributed by atoms with van der Waals surface area (Å²) in [6.07, 6.45) is 0. The first-order chi connectivity index (χ1) is 8.97. The average Bonchev–Trinajstić information content (AvgIpc) is 2.35. The van der Waals surface area contributed by atoms with E-state index in [1.807, 2.05) is 0 Å². The second kappa shape index (κ2) is 4.77. The standard InChI is InChI=1S/C13H13N3O3/c14-7-1-3-11(17)9(5-7)13(18)19-12-4-2-8(15)6-10(12)16/h1-6,17H,14-16H2. The van der Waals surface area contributed by atoms with Crippen LogP contribution in [0.15, 0.2) is 36.4 Å². The first kappa shape index (κ1) is 12.6.